The van der Waals surface area contributed by atoms with Gasteiger partial charge in [-0.2, -0.15) is 0 Å². The maximum atomic E-state index is 11.7. The third kappa shape index (κ3) is 5.38. The summed E-state index contributed by atoms with van der Waals surface area (Å²) in [6.45, 7) is 10.3. The summed E-state index contributed by atoms with van der Waals surface area (Å²) >= 11 is 0. The molecule has 0 aromatic carbocycles. The van der Waals surface area contributed by atoms with Crippen molar-refractivity contribution < 1.29 is 14.7 Å². The molecular formula is C12H22N2O3. The van der Waals surface area contributed by atoms with Crippen molar-refractivity contribution >= 4 is 12.0 Å². The smallest absolute Gasteiger partial charge is 0.317 e. The molecule has 0 aliphatic carbocycles. The molecule has 5 nitrogen and oxygen atoms in total. The van der Waals surface area contributed by atoms with Crippen LogP contribution >= 0.6 is 0 Å². The number of carbonyl (C=O) groups excluding carboxylic acids is 1. The van der Waals surface area contributed by atoms with E-state index in [0.717, 1.165) is 0 Å². The maximum Gasteiger partial charge on any atom is 0.317 e. The van der Waals surface area contributed by atoms with Crippen molar-refractivity contribution in [3.8, 4) is 0 Å². The number of carboxylic acid groups (broad SMARTS) is 1. The van der Waals surface area contributed by atoms with Crippen LogP contribution in [0.5, 0.6) is 0 Å². The standard InChI is InChI=1S/C12H22N2O3/c1-5-7-14(6-2)12(17)13-8-10(9(3)4)11(15)16/h5,9-10H,1,6-8H2,2-4H3,(H,13,17)(H,15,16). The Kier molecular flexibility index (Phi) is 7.02. The molecule has 0 saturated carbocycles. The summed E-state index contributed by atoms with van der Waals surface area (Å²) in [6, 6.07) is -0.251. The molecule has 98 valence electrons. The third-order valence-corrected chi connectivity index (χ3v) is 2.61. The molecule has 0 aliphatic heterocycles. The summed E-state index contributed by atoms with van der Waals surface area (Å²) < 4.78 is 0. The summed E-state index contributed by atoms with van der Waals surface area (Å²) in [4.78, 5) is 24.2. The van der Waals surface area contributed by atoms with E-state index >= 15 is 0 Å². The molecule has 0 aliphatic rings. The topological polar surface area (TPSA) is 69.6 Å². The predicted octanol–water partition coefficient (Wildman–Crippen LogP) is 1.56. The van der Waals surface area contributed by atoms with Crippen molar-refractivity contribution in [2.24, 2.45) is 11.8 Å². The molecule has 0 radical (unpaired) electrons. The van der Waals surface area contributed by atoms with E-state index in [4.69, 9.17) is 5.11 Å². The molecule has 0 heterocycles. The lowest BCUT2D eigenvalue weighted by Crippen LogP contribution is -2.43. The van der Waals surface area contributed by atoms with Crippen molar-refractivity contribution in [2.45, 2.75) is 20.8 Å². The van der Waals surface area contributed by atoms with Gasteiger partial charge in [-0.1, -0.05) is 19.9 Å². The first kappa shape index (κ1) is 15.5. The Morgan fingerprint density at radius 1 is 1.47 bits per heavy atom. The van der Waals surface area contributed by atoms with Crippen LogP contribution in [0, 0.1) is 11.8 Å². The van der Waals surface area contributed by atoms with E-state index < -0.39 is 11.9 Å². The Morgan fingerprint density at radius 3 is 2.41 bits per heavy atom. The van der Waals surface area contributed by atoms with Crippen LogP contribution in [0.25, 0.3) is 0 Å². The van der Waals surface area contributed by atoms with Crippen LogP contribution in [-0.2, 0) is 4.79 Å². The van der Waals surface area contributed by atoms with Gasteiger partial charge in [-0.3, -0.25) is 4.79 Å². The number of urea groups is 1. The quantitative estimate of drug-likeness (QED) is 0.666. The lowest BCUT2D eigenvalue weighted by Gasteiger charge is -2.22. The molecule has 0 fully saturated rings. The zero-order valence-electron chi connectivity index (χ0n) is 10.8. The second-order valence-electron chi connectivity index (χ2n) is 4.20. The van der Waals surface area contributed by atoms with Gasteiger partial charge in [0.05, 0.1) is 5.92 Å². The number of amides is 2. The molecular weight excluding hydrogens is 220 g/mol. The first-order valence-electron chi connectivity index (χ1n) is 5.80. The molecule has 0 saturated heterocycles. The highest BCUT2D eigenvalue weighted by atomic mass is 16.4. The van der Waals surface area contributed by atoms with Gasteiger partial charge in [-0.15, -0.1) is 6.58 Å². The first-order chi connectivity index (χ1) is 7.93. The minimum Gasteiger partial charge on any atom is -0.481 e. The highest BCUT2D eigenvalue weighted by Crippen LogP contribution is 2.09. The zero-order chi connectivity index (χ0) is 13.4. The second kappa shape index (κ2) is 7.70. The molecule has 2 N–H and O–H groups in total. The van der Waals surface area contributed by atoms with Gasteiger partial charge < -0.3 is 15.3 Å². The first-order valence-corrected chi connectivity index (χ1v) is 5.80. The fourth-order valence-electron chi connectivity index (χ4n) is 1.43. The van der Waals surface area contributed by atoms with Gasteiger partial charge in [0, 0.05) is 19.6 Å². The van der Waals surface area contributed by atoms with Crippen molar-refractivity contribution in [1.29, 1.82) is 0 Å². The van der Waals surface area contributed by atoms with E-state index in [-0.39, 0.29) is 18.5 Å². The molecule has 0 rings (SSSR count). The fraction of sp³-hybridized carbons (Fsp3) is 0.667. The highest BCUT2D eigenvalue weighted by Gasteiger charge is 2.22. The zero-order valence-corrected chi connectivity index (χ0v) is 10.8. The molecule has 0 aromatic rings. The summed E-state index contributed by atoms with van der Waals surface area (Å²) in [5.74, 6) is -1.45. The minimum absolute atomic E-state index is 0.0118. The lowest BCUT2D eigenvalue weighted by atomic mass is 9.96. The number of nitrogens with one attached hydrogen (secondary N) is 1. The Labute approximate surface area is 102 Å². The van der Waals surface area contributed by atoms with Gasteiger partial charge >= 0.3 is 12.0 Å². The molecule has 5 heteroatoms. The lowest BCUT2D eigenvalue weighted by molar-refractivity contribution is -0.142. The monoisotopic (exact) mass is 242 g/mol. The highest BCUT2D eigenvalue weighted by molar-refractivity contribution is 5.76. The van der Waals surface area contributed by atoms with E-state index in [1.54, 1.807) is 11.0 Å². The Bertz CT molecular complexity index is 277. The number of rotatable bonds is 7. The van der Waals surface area contributed by atoms with Gasteiger partial charge in [0.25, 0.3) is 0 Å². The molecule has 17 heavy (non-hydrogen) atoms. The van der Waals surface area contributed by atoms with E-state index in [2.05, 4.69) is 11.9 Å². The van der Waals surface area contributed by atoms with Crippen molar-refractivity contribution in [3.05, 3.63) is 12.7 Å². The van der Waals surface area contributed by atoms with Crippen LogP contribution in [-0.4, -0.2) is 41.6 Å². The average Bonchev–Trinajstić information content (AvgIpc) is 2.24. The fourth-order valence-corrected chi connectivity index (χ4v) is 1.43. The van der Waals surface area contributed by atoms with Gasteiger partial charge in [0.15, 0.2) is 0 Å². The van der Waals surface area contributed by atoms with Crippen LogP contribution in [0.2, 0.25) is 0 Å². The summed E-state index contributed by atoms with van der Waals surface area (Å²) in [7, 11) is 0. The number of carbonyl (C=O) groups is 2. The Morgan fingerprint density at radius 2 is 2.06 bits per heavy atom. The van der Waals surface area contributed by atoms with Crippen LogP contribution < -0.4 is 5.32 Å². The van der Waals surface area contributed by atoms with Gasteiger partial charge in [0.2, 0.25) is 0 Å². The maximum absolute atomic E-state index is 11.7. The molecule has 2 amide bonds. The number of carboxylic acids is 1. The number of likely N-dealkylation sites (N-methyl/N-ethyl adjacent to an activating group) is 1. The van der Waals surface area contributed by atoms with Crippen LogP contribution in [0.15, 0.2) is 12.7 Å². The Hall–Kier alpha value is -1.52. The van der Waals surface area contributed by atoms with Crippen LogP contribution in [0.1, 0.15) is 20.8 Å². The van der Waals surface area contributed by atoms with E-state index in [1.165, 1.54) is 0 Å². The van der Waals surface area contributed by atoms with Gasteiger partial charge in [-0.25, -0.2) is 4.79 Å². The van der Waals surface area contributed by atoms with Crippen molar-refractivity contribution in [3.63, 3.8) is 0 Å². The van der Waals surface area contributed by atoms with Gasteiger partial charge in [0.1, 0.15) is 0 Å². The van der Waals surface area contributed by atoms with Crippen LogP contribution in [0.3, 0.4) is 0 Å². The van der Waals surface area contributed by atoms with E-state index in [0.29, 0.717) is 13.1 Å². The third-order valence-electron chi connectivity index (χ3n) is 2.61. The average molecular weight is 242 g/mol. The number of hydrogen-bond acceptors (Lipinski definition) is 2. The van der Waals surface area contributed by atoms with Crippen LogP contribution in [0.4, 0.5) is 4.79 Å². The van der Waals surface area contributed by atoms with Crippen molar-refractivity contribution in [2.75, 3.05) is 19.6 Å². The van der Waals surface area contributed by atoms with E-state index in [9.17, 15) is 9.59 Å². The number of hydrogen-bond donors (Lipinski definition) is 2. The second-order valence-corrected chi connectivity index (χ2v) is 4.20. The minimum atomic E-state index is -0.882. The summed E-state index contributed by atoms with van der Waals surface area (Å²) in [5.41, 5.74) is 0. The summed E-state index contributed by atoms with van der Waals surface area (Å²) in [5, 5.41) is 11.6. The summed E-state index contributed by atoms with van der Waals surface area (Å²) in [6.07, 6.45) is 1.64. The SMILES string of the molecule is C=CCN(CC)C(=O)NCC(C(=O)O)C(C)C. The molecule has 0 bridgehead atoms. The van der Waals surface area contributed by atoms with Gasteiger partial charge in [-0.05, 0) is 12.8 Å². The van der Waals surface area contributed by atoms with Crippen molar-refractivity contribution in [1.82, 2.24) is 10.2 Å². The molecule has 1 atom stereocenters. The normalized spacial score (nSPS) is 12.0. The largest absolute Gasteiger partial charge is 0.481 e. The number of aliphatic carboxylic acids is 1. The molecule has 0 spiro atoms. The van der Waals surface area contributed by atoms with E-state index in [1.807, 2.05) is 20.8 Å². The molecule has 0 aromatic heterocycles. The molecule has 1 unspecified atom stereocenters. The Balaban J connectivity index is 4.28. The predicted molar refractivity (Wildman–Crippen MR) is 66.8 cm³/mol. The number of nitrogens with zero attached hydrogens (tertiary/aromatic N) is 1.